The van der Waals surface area contributed by atoms with E-state index in [1.54, 1.807) is 0 Å². The Morgan fingerprint density at radius 2 is 1.24 bits per heavy atom. The van der Waals surface area contributed by atoms with Gasteiger partial charge in [-0.3, -0.25) is 9.59 Å². The molecule has 1 rings (SSSR count). The van der Waals surface area contributed by atoms with E-state index in [0.29, 0.717) is 19.3 Å². The van der Waals surface area contributed by atoms with Gasteiger partial charge in [0.25, 0.3) is 0 Å². The molecule has 0 bridgehead atoms. The summed E-state index contributed by atoms with van der Waals surface area (Å²) in [5, 5.41) is 0. The Hall–Kier alpha value is -1.06. The van der Waals surface area contributed by atoms with Crippen molar-refractivity contribution in [2.75, 3.05) is 0 Å². The molecule has 2 unspecified atom stereocenters. The van der Waals surface area contributed by atoms with Crippen molar-refractivity contribution in [2.24, 2.45) is 16.2 Å². The Kier molecular flexibility index (Phi) is 5.79. The van der Waals surface area contributed by atoms with Crippen molar-refractivity contribution in [1.29, 1.82) is 0 Å². The van der Waals surface area contributed by atoms with Crippen molar-refractivity contribution >= 4 is 11.9 Å². The molecule has 0 saturated heterocycles. The van der Waals surface area contributed by atoms with Crippen molar-refractivity contribution in [3.8, 4) is 0 Å². The molecule has 2 atom stereocenters. The highest BCUT2D eigenvalue weighted by atomic mass is 16.6. The number of rotatable bonds is 3. The van der Waals surface area contributed by atoms with E-state index in [1.165, 1.54) is 0 Å². The molecule has 1 aliphatic carbocycles. The van der Waals surface area contributed by atoms with Gasteiger partial charge in [0.15, 0.2) is 0 Å². The molecule has 1 fully saturated rings. The minimum absolute atomic E-state index is 0.142. The highest BCUT2D eigenvalue weighted by molar-refractivity contribution is 5.82. The van der Waals surface area contributed by atoms with Crippen LogP contribution in [0.5, 0.6) is 0 Å². The van der Waals surface area contributed by atoms with Gasteiger partial charge >= 0.3 is 11.9 Å². The molecular weight excluding hydrogens is 316 g/mol. The second-order valence-corrected chi connectivity index (χ2v) is 10.9. The van der Waals surface area contributed by atoms with E-state index in [4.69, 9.17) is 9.47 Å². The van der Waals surface area contributed by atoms with Crippen LogP contribution in [0.1, 0.15) is 94.9 Å². The van der Waals surface area contributed by atoms with E-state index < -0.39 is 22.0 Å². The number of esters is 2. The molecule has 25 heavy (non-hydrogen) atoms. The van der Waals surface area contributed by atoms with Crippen molar-refractivity contribution in [2.45, 2.75) is 106 Å². The second kappa shape index (κ2) is 6.59. The molecule has 0 amide bonds. The van der Waals surface area contributed by atoms with Crippen LogP contribution >= 0.6 is 0 Å². The van der Waals surface area contributed by atoms with Crippen LogP contribution < -0.4 is 0 Å². The Morgan fingerprint density at radius 3 is 1.64 bits per heavy atom. The molecule has 0 N–H and O–H groups in total. The van der Waals surface area contributed by atoms with E-state index in [-0.39, 0.29) is 17.4 Å². The molecule has 1 saturated carbocycles. The predicted molar refractivity (Wildman–Crippen MR) is 100 cm³/mol. The highest BCUT2D eigenvalue weighted by Gasteiger charge is 2.57. The summed E-state index contributed by atoms with van der Waals surface area (Å²) in [6.07, 6.45) is 2.57. The summed E-state index contributed by atoms with van der Waals surface area (Å²) in [6, 6.07) is 0. The summed E-state index contributed by atoms with van der Waals surface area (Å²) in [7, 11) is 0. The summed E-state index contributed by atoms with van der Waals surface area (Å²) in [6.45, 7) is 19.5. The Labute approximate surface area is 154 Å². The molecule has 146 valence electrons. The van der Waals surface area contributed by atoms with Crippen LogP contribution in [0, 0.1) is 16.2 Å². The first-order valence-corrected chi connectivity index (χ1v) is 9.41. The third-order valence-electron chi connectivity index (χ3n) is 4.81. The molecule has 0 spiro atoms. The number of hydrogen-bond acceptors (Lipinski definition) is 4. The van der Waals surface area contributed by atoms with Gasteiger partial charge in [-0.15, -0.1) is 0 Å². The quantitative estimate of drug-likeness (QED) is 0.647. The lowest BCUT2D eigenvalue weighted by Gasteiger charge is -2.51. The van der Waals surface area contributed by atoms with Gasteiger partial charge in [0.05, 0.1) is 10.8 Å². The molecule has 4 heteroatoms. The van der Waals surface area contributed by atoms with E-state index in [9.17, 15) is 9.59 Å². The zero-order valence-corrected chi connectivity index (χ0v) is 18.0. The van der Waals surface area contributed by atoms with Gasteiger partial charge in [0, 0.05) is 0 Å². The third-order valence-corrected chi connectivity index (χ3v) is 4.81. The van der Waals surface area contributed by atoms with E-state index in [0.717, 1.165) is 6.42 Å². The molecule has 0 aromatic heterocycles. The van der Waals surface area contributed by atoms with Crippen molar-refractivity contribution < 1.29 is 19.1 Å². The van der Waals surface area contributed by atoms with E-state index in [1.807, 2.05) is 55.4 Å². The molecule has 1 aliphatic rings. The summed E-state index contributed by atoms with van der Waals surface area (Å²) in [4.78, 5) is 26.0. The maximum absolute atomic E-state index is 13.1. The maximum atomic E-state index is 13.1. The van der Waals surface area contributed by atoms with Crippen LogP contribution in [0.25, 0.3) is 0 Å². The zero-order chi connectivity index (χ0) is 19.9. The van der Waals surface area contributed by atoms with Crippen LogP contribution in [0.4, 0.5) is 0 Å². The first kappa shape index (κ1) is 22.0. The first-order chi connectivity index (χ1) is 10.9. The smallest absolute Gasteiger partial charge is 0.312 e. The van der Waals surface area contributed by atoms with Gasteiger partial charge in [0.1, 0.15) is 11.2 Å². The van der Waals surface area contributed by atoms with Gasteiger partial charge in [-0.1, -0.05) is 20.8 Å². The van der Waals surface area contributed by atoms with Crippen LogP contribution in [-0.2, 0) is 19.1 Å². The van der Waals surface area contributed by atoms with Crippen LogP contribution in [0.2, 0.25) is 0 Å². The van der Waals surface area contributed by atoms with Gasteiger partial charge in [-0.2, -0.15) is 0 Å². The fourth-order valence-electron chi connectivity index (χ4n) is 4.38. The largest absolute Gasteiger partial charge is 0.460 e. The maximum Gasteiger partial charge on any atom is 0.312 e. The molecular formula is C21H38O4. The van der Waals surface area contributed by atoms with Gasteiger partial charge in [0.2, 0.25) is 0 Å². The first-order valence-electron chi connectivity index (χ1n) is 9.41. The lowest BCUT2D eigenvalue weighted by Crippen LogP contribution is -2.52. The number of carbonyl (C=O) groups excluding carboxylic acids is 2. The fraction of sp³-hybridized carbons (Fsp3) is 0.905. The van der Waals surface area contributed by atoms with E-state index in [2.05, 4.69) is 13.8 Å². The lowest BCUT2D eigenvalue weighted by atomic mass is 9.53. The van der Waals surface area contributed by atoms with E-state index >= 15 is 0 Å². The summed E-state index contributed by atoms with van der Waals surface area (Å²) >= 11 is 0. The Morgan fingerprint density at radius 1 is 0.800 bits per heavy atom. The highest BCUT2D eigenvalue weighted by Crippen LogP contribution is 2.57. The van der Waals surface area contributed by atoms with Gasteiger partial charge in [-0.05, 0) is 79.6 Å². The minimum atomic E-state index is -0.693. The van der Waals surface area contributed by atoms with Crippen molar-refractivity contribution in [3.05, 3.63) is 0 Å². The fourth-order valence-corrected chi connectivity index (χ4v) is 4.38. The van der Waals surface area contributed by atoms with Crippen LogP contribution in [-0.4, -0.2) is 23.1 Å². The third kappa shape index (κ3) is 5.72. The normalized spacial score (nSPS) is 29.8. The standard InChI is InChI=1S/C21H38O4/c1-11-21(16(23)25-18(5,6)7)13-19(8,9)12-20(10,14-21)15(22)24-17(2,3)4/h11-14H2,1-10H3. The van der Waals surface area contributed by atoms with Crippen LogP contribution in [0.3, 0.4) is 0 Å². The van der Waals surface area contributed by atoms with Crippen LogP contribution in [0.15, 0.2) is 0 Å². The summed E-state index contributed by atoms with van der Waals surface area (Å²) in [5.41, 5.74) is -2.56. The predicted octanol–water partition coefficient (Wildman–Crippen LogP) is 5.28. The number of ether oxygens (including phenoxy) is 2. The zero-order valence-electron chi connectivity index (χ0n) is 18.0. The van der Waals surface area contributed by atoms with Gasteiger partial charge in [-0.25, -0.2) is 0 Å². The number of carbonyl (C=O) groups is 2. The molecule has 0 aromatic rings. The molecule has 0 aliphatic heterocycles. The number of hydrogen-bond donors (Lipinski definition) is 0. The summed E-state index contributed by atoms with van der Waals surface area (Å²) in [5.74, 6) is -0.404. The lowest BCUT2D eigenvalue weighted by molar-refractivity contribution is -0.187. The second-order valence-electron chi connectivity index (χ2n) is 10.9. The van der Waals surface area contributed by atoms with Gasteiger partial charge < -0.3 is 9.47 Å². The average molecular weight is 355 g/mol. The topological polar surface area (TPSA) is 52.6 Å². The molecule has 4 nitrogen and oxygen atoms in total. The van der Waals surface area contributed by atoms with Crippen molar-refractivity contribution in [3.63, 3.8) is 0 Å². The molecule has 0 aromatic carbocycles. The Balaban J connectivity index is 3.24. The van der Waals surface area contributed by atoms with Crippen molar-refractivity contribution in [1.82, 2.24) is 0 Å². The summed E-state index contributed by atoms with van der Waals surface area (Å²) < 4.78 is 11.4. The average Bonchev–Trinajstić information content (AvgIpc) is 2.32. The minimum Gasteiger partial charge on any atom is -0.460 e. The SMILES string of the molecule is CCC1(C(=O)OC(C)(C)C)CC(C)(C)CC(C)(C(=O)OC(C)(C)C)C1. The monoisotopic (exact) mass is 354 g/mol. The molecule has 0 heterocycles. The molecule has 0 radical (unpaired) electrons. The Bertz CT molecular complexity index is 521.